The van der Waals surface area contributed by atoms with Crippen molar-refractivity contribution in [3.63, 3.8) is 0 Å². The summed E-state index contributed by atoms with van der Waals surface area (Å²) in [7, 11) is 1.58. The van der Waals surface area contributed by atoms with Gasteiger partial charge in [0.25, 0.3) is 0 Å². The zero-order chi connectivity index (χ0) is 11.0. The second-order valence-corrected chi connectivity index (χ2v) is 3.25. The molecular weight excluding hydrogens is 208 g/mol. The number of aromatic nitrogens is 2. The van der Waals surface area contributed by atoms with Crippen LogP contribution < -0.4 is 4.74 Å². The molecule has 0 bridgehead atoms. The summed E-state index contributed by atoms with van der Waals surface area (Å²) >= 11 is 0. The second kappa shape index (κ2) is 3.37. The van der Waals surface area contributed by atoms with Crippen molar-refractivity contribution in [3.05, 3.63) is 30.5 Å². The number of hydrogen-bond acceptors (Lipinski definition) is 5. The maximum atomic E-state index is 5.32. The molecule has 0 unspecified atom stereocenters. The van der Waals surface area contributed by atoms with Crippen LogP contribution in [0.5, 0.6) is 5.75 Å². The SMILES string of the molecule is COc1ccc(-c2ccco2)c2nonc12. The minimum absolute atomic E-state index is 0.594. The molecular formula is C11H8N2O3. The minimum atomic E-state index is 0.594. The lowest BCUT2D eigenvalue weighted by Gasteiger charge is -2.01. The third-order valence-electron chi connectivity index (χ3n) is 2.38. The van der Waals surface area contributed by atoms with Gasteiger partial charge in [-0.05, 0) is 34.6 Å². The lowest BCUT2D eigenvalue weighted by atomic mass is 10.1. The Morgan fingerprint density at radius 1 is 1.12 bits per heavy atom. The molecule has 0 aliphatic carbocycles. The quantitative estimate of drug-likeness (QED) is 0.658. The molecule has 0 aliphatic rings. The highest BCUT2D eigenvalue weighted by Crippen LogP contribution is 2.32. The number of nitrogens with zero attached hydrogens (tertiary/aromatic N) is 2. The van der Waals surface area contributed by atoms with E-state index in [0.29, 0.717) is 16.8 Å². The first-order valence-electron chi connectivity index (χ1n) is 4.73. The van der Waals surface area contributed by atoms with Crippen molar-refractivity contribution >= 4 is 11.0 Å². The molecule has 0 saturated heterocycles. The maximum Gasteiger partial charge on any atom is 0.177 e. The molecule has 0 amide bonds. The molecule has 5 heteroatoms. The lowest BCUT2D eigenvalue weighted by molar-refractivity contribution is 0.314. The van der Waals surface area contributed by atoms with E-state index in [0.717, 1.165) is 11.3 Å². The Bertz CT molecular complexity index is 613. The van der Waals surface area contributed by atoms with Crippen molar-refractivity contribution in [1.29, 1.82) is 0 Å². The molecule has 3 aromatic rings. The molecule has 0 N–H and O–H groups in total. The Balaban J connectivity index is 2.31. The van der Waals surface area contributed by atoms with Crippen LogP contribution in [0.1, 0.15) is 0 Å². The molecule has 0 spiro atoms. The number of furan rings is 1. The van der Waals surface area contributed by atoms with Crippen molar-refractivity contribution in [2.75, 3.05) is 7.11 Å². The van der Waals surface area contributed by atoms with Crippen LogP contribution >= 0.6 is 0 Å². The van der Waals surface area contributed by atoms with Crippen LogP contribution in [0.25, 0.3) is 22.4 Å². The fraction of sp³-hybridized carbons (Fsp3) is 0.0909. The van der Waals surface area contributed by atoms with Gasteiger partial charge in [0.1, 0.15) is 17.0 Å². The Labute approximate surface area is 90.6 Å². The summed E-state index contributed by atoms with van der Waals surface area (Å²) in [6.07, 6.45) is 1.61. The van der Waals surface area contributed by atoms with E-state index in [4.69, 9.17) is 13.8 Å². The first-order valence-corrected chi connectivity index (χ1v) is 4.73. The summed E-state index contributed by atoms with van der Waals surface area (Å²) < 4.78 is 15.2. The van der Waals surface area contributed by atoms with E-state index in [1.165, 1.54) is 0 Å². The van der Waals surface area contributed by atoms with Gasteiger partial charge in [-0.3, -0.25) is 0 Å². The van der Waals surface area contributed by atoms with Gasteiger partial charge in [-0.15, -0.1) is 0 Å². The fourth-order valence-electron chi connectivity index (χ4n) is 1.64. The third-order valence-corrected chi connectivity index (χ3v) is 2.38. The van der Waals surface area contributed by atoms with Crippen molar-refractivity contribution in [3.8, 4) is 17.1 Å². The van der Waals surface area contributed by atoms with Crippen LogP contribution in [-0.4, -0.2) is 17.4 Å². The van der Waals surface area contributed by atoms with Gasteiger partial charge in [-0.2, -0.15) is 0 Å². The molecule has 3 rings (SSSR count). The zero-order valence-corrected chi connectivity index (χ0v) is 8.51. The maximum absolute atomic E-state index is 5.32. The van der Waals surface area contributed by atoms with E-state index in [1.807, 2.05) is 24.3 Å². The summed E-state index contributed by atoms with van der Waals surface area (Å²) in [6, 6.07) is 7.35. The van der Waals surface area contributed by atoms with Crippen LogP contribution in [0, 0.1) is 0 Å². The van der Waals surface area contributed by atoms with Gasteiger partial charge in [0.05, 0.1) is 13.4 Å². The molecule has 2 heterocycles. The van der Waals surface area contributed by atoms with Crippen LogP contribution in [-0.2, 0) is 0 Å². The number of hydrogen-bond donors (Lipinski definition) is 0. The van der Waals surface area contributed by atoms with Crippen molar-refractivity contribution < 1.29 is 13.8 Å². The summed E-state index contributed by atoms with van der Waals surface area (Å²) in [5, 5.41) is 7.66. The summed E-state index contributed by atoms with van der Waals surface area (Å²) in [5.74, 6) is 1.36. The molecule has 0 fully saturated rings. The van der Waals surface area contributed by atoms with E-state index < -0.39 is 0 Å². The summed E-state index contributed by atoms with van der Waals surface area (Å²) in [4.78, 5) is 0. The van der Waals surface area contributed by atoms with Crippen LogP contribution in [0.2, 0.25) is 0 Å². The van der Waals surface area contributed by atoms with Gasteiger partial charge in [-0.25, -0.2) is 4.63 Å². The minimum Gasteiger partial charge on any atom is -0.494 e. The monoisotopic (exact) mass is 216 g/mol. The molecule has 0 saturated carbocycles. The molecule has 16 heavy (non-hydrogen) atoms. The number of ether oxygens (including phenoxy) is 1. The van der Waals surface area contributed by atoms with Crippen molar-refractivity contribution in [2.24, 2.45) is 0 Å². The van der Waals surface area contributed by atoms with Crippen molar-refractivity contribution in [1.82, 2.24) is 10.3 Å². The Morgan fingerprint density at radius 3 is 2.75 bits per heavy atom. The molecule has 0 radical (unpaired) electrons. The average molecular weight is 216 g/mol. The molecule has 80 valence electrons. The van der Waals surface area contributed by atoms with E-state index in [9.17, 15) is 0 Å². The molecule has 5 nitrogen and oxygen atoms in total. The highest BCUT2D eigenvalue weighted by atomic mass is 16.6. The summed E-state index contributed by atoms with van der Waals surface area (Å²) in [5.41, 5.74) is 2.06. The highest BCUT2D eigenvalue weighted by molar-refractivity contribution is 5.93. The smallest absolute Gasteiger partial charge is 0.177 e. The van der Waals surface area contributed by atoms with Gasteiger partial charge in [0.2, 0.25) is 0 Å². The van der Waals surface area contributed by atoms with Gasteiger partial charge < -0.3 is 9.15 Å². The highest BCUT2D eigenvalue weighted by Gasteiger charge is 2.14. The van der Waals surface area contributed by atoms with Gasteiger partial charge >= 0.3 is 0 Å². The molecule has 0 aliphatic heterocycles. The number of rotatable bonds is 2. The normalized spacial score (nSPS) is 10.8. The van der Waals surface area contributed by atoms with Crippen molar-refractivity contribution in [2.45, 2.75) is 0 Å². The van der Waals surface area contributed by atoms with Gasteiger partial charge in [-0.1, -0.05) is 0 Å². The first-order chi connectivity index (χ1) is 7.90. The topological polar surface area (TPSA) is 61.3 Å². The van der Waals surface area contributed by atoms with Crippen LogP contribution in [0.15, 0.2) is 39.6 Å². The zero-order valence-electron chi connectivity index (χ0n) is 8.51. The standard InChI is InChI=1S/C11H8N2O3/c1-14-9-5-4-7(8-3-2-6-15-8)10-11(9)13-16-12-10/h2-6H,1H3. The second-order valence-electron chi connectivity index (χ2n) is 3.25. The number of benzene rings is 1. The van der Waals surface area contributed by atoms with Gasteiger partial charge in [0, 0.05) is 5.56 Å². The molecule has 0 atom stereocenters. The van der Waals surface area contributed by atoms with E-state index in [2.05, 4.69) is 10.3 Å². The van der Waals surface area contributed by atoms with Crippen LogP contribution in [0.3, 0.4) is 0 Å². The molecule has 1 aromatic carbocycles. The van der Waals surface area contributed by atoms with Gasteiger partial charge in [0.15, 0.2) is 5.52 Å². The Hall–Kier alpha value is -2.30. The number of fused-ring (bicyclic) bond motifs is 1. The summed E-state index contributed by atoms with van der Waals surface area (Å²) in [6.45, 7) is 0. The lowest BCUT2D eigenvalue weighted by Crippen LogP contribution is -1.86. The molecule has 2 aromatic heterocycles. The largest absolute Gasteiger partial charge is 0.494 e. The predicted molar refractivity (Wildman–Crippen MR) is 56.1 cm³/mol. The first kappa shape index (κ1) is 8.96. The Kier molecular flexibility index (Phi) is 1.89. The fourth-order valence-corrected chi connectivity index (χ4v) is 1.64. The van der Waals surface area contributed by atoms with E-state index in [1.54, 1.807) is 13.4 Å². The average Bonchev–Trinajstić information content (AvgIpc) is 2.98. The number of methoxy groups -OCH3 is 1. The van der Waals surface area contributed by atoms with E-state index in [-0.39, 0.29) is 0 Å². The Morgan fingerprint density at radius 2 is 2.00 bits per heavy atom. The third kappa shape index (κ3) is 1.18. The van der Waals surface area contributed by atoms with E-state index >= 15 is 0 Å². The predicted octanol–water partition coefficient (Wildman–Crippen LogP) is 2.49. The van der Waals surface area contributed by atoms with Crippen LogP contribution in [0.4, 0.5) is 0 Å².